The van der Waals surface area contributed by atoms with Gasteiger partial charge in [-0.2, -0.15) is 0 Å². The zero-order valence-corrected chi connectivity index (χ0v) is 9.80. The molecular formula is C11H24N2O. The minimum Gasteiger partial charge on any atom is -0.386 e. The van der Waals surface area contributed by atoms with E-state index in [0.29, 0.717) is 0 Å². The minimum atomic E-state index is -0.652. The molecule has 0 atom stereocenters. The molecule has 1 saturated heterocycles. The second-order valence-corrected chi connectivity index (χ2v) is 4.89. The molecule has 3 heteroatoms. The van der Waals surface area contributed by atoms with E-state index in [4.69, 9.17) is 0 Å². The van der Waals surface area contributed by atoms with Gasteiger partial charge in [0, 0.05) is 0 Å². The third-order valence-electron chi connectivity index (χ3n) is 3.36. The van der Waals surface area contributed by atoms with Gasteiger partial charge in [-0.25, -0.2) is 0 Å². The van der Waals surface area contributed by atoms with Crippen LogP contribution in [0.2, 0.25) is 0 Å². The SMILES string of the molecule is CC(C)C(O)(C(C)C)C1NCCCN1. The van der Waals surface area contributed by atoms with E-state index in [0.717, 1.165) is 19.5 Å². The van der Waals surface area contributed by atoms with Gasteiger partial charge >= 0.3 is 0 Å². The molecule has 0 amide bonds. The quantitative estimate of drug-likeness (QED) is 0.635. The third kappa shape index (κ3) is 2.10. The summed E-state index contributed by atoms with van der Waals surface area (Å²) in [4.78, 5) is 0. The van der Waals surface area contributed by atoms with Crippen molar-refractivity contribution in [1.29, 1.82) is 0 Å². The Balaban J connectivity index is 2.75. The van der Waals surface area contributed by atoms with Crippen molar-refractivity contribution in [2.75, 3.05) is 13.1 Å². The molecule has 0 saturated carbocycles. The zero-order chi connectivity index (χ0) is 10.8. The van der Waals surface area contributed by atoms with Crippen LogP contribution in [0, 0.1) is 11.8 Å². The van der Waals surface area contributed by atoms with Crippen LogP contribution in [-0.4, -0.2) is 30.0 Å². The van der Waals surface area contributed by atoms with E-state index in [1.54, 1.807) is 0 Å². The number of rotatable bonds is 3. The summed E-state index contributed by atoms with van der Waals surface area (Å²) in [5, 5.41) is 17.4. The molecule has 14 heavy (non-hydrogen) atoms. The van der Waals surface area contributed by atoms with E-state index in [9.17, 15) is 5.11 Å². The molecule has 3 nitrogen and oxygen atoms in total. The average molecular weight is 200 g/mol. The van der Waals surface area contributed by atoms with Crippen molar-refractivity contribution < 1.29 is 5.11 Å². The van der Waals surface area contributed by atoms with E-state index in [2.05, 4.69) is 38.3 Å². The lowest BCUT2D eigenvalue weighted by molar-refractivity contribution is -0.0900. The maximum atomic E-state index is 10.7. The normalized spacial score (nSPS) is 20.8. The highest BCUT2D eigenvalue weighted by molar-refractivity contribution is 4.96. The molecule has 0 aromatic carbocycles. The third-order valence-corrected chi connectivity index (χ3v) is 3.36. The van der Waals surface area contributed by atoms with Gasteiger partial charge in [0.25, 0.3) is 0 Å². The predicted molar refractivity (Wildman–Crippen MR) is 59.0 cm³/mol. The van der Waals surface area contributed by atoms with Crippen LogP contribution in [0.3, 0.4) is 0 Å². The summed E-state index contributed by atoms with van der Waals surface area (Å²) in [5.41, 5.74) is -0.652. The fraction of sp³-hybridized carbons (Fsp3) is 1.00. The molecule has 0 bridgehead atoms. The van der Waals surface area contributed by atoms with Crippen molar-refractivity contribution in [3.05, 3.63) is 0 Å². The highest BCUT2D eigenvalue weighted by Gasteiger charge is 2.42. The molecule has 0 spiro atoms. The second-order valence-electron chi connectivity index (χ2n) is 4.89. The Morgan fingerprint density at radius 1 is 1.07 bits per heavy atom. The van der Waals surface area contributed by atoms with Crippen molar-refractivity contribution in [3.63, 3.8) is 0 Å². The monoisotopic (exact) mass is 200 g/mol. The maximum Gasteiger partial charge on any atom is 0.0976 e. The number of aliphatic hydroxyl groups is 1. The molecule has 0 aromatic rings. The maximum absolute atomic E-state index is 10.7. The first-order chi connectivity index (χ1) is 6.49. The first-order valence-electron chi connectivity index (χ1n) is 5.68. The Labute approximate surface area is 87.3 Å². The van der Waals surface area contributed by atoms with Gasteiger partial charge in [0.2, 0.25) is 0 Å². The number of hydrogen-bond acceptors (Lipinski definition) is 3. The molecular weight excluding hydrogens is 176 g/mol. The summed E-state index contributed by atoms with van der Waals surface area (Å²) in [5.74, 6) is 0.510. The van der Waals surface area contributed by atoms with Crippen molar-refractivity contribution in [2.24, 2.45) is 11.8 Å². The molecule has 0 radical (unpaired) electrons. The first kappa shape index (κ1) is 12.0. The summed E-state index contributed by atoms with van der Waals surface area (Å²) in [6.45, 7) is 10.3. The van der Waals surface area contributed by atoms with Crippen molar-refractivity contribution >= 4 is 0 Å². The van der Waals surface area contributed by atoms with Gasteiger partial charge in [-0.05, 0) is 31.3 Å². The van der Waals surface area contributed by atoms with E-state index in [1.165, 1.54) is 0 Å². The summed E-state index contributed by atoms with van der Waals surface area (Å²) in [6, 6.07) is 0. The van der Waals surface area contributed by atoms with E-state index in [-0.39, 0.29) is 18.0 Å². The summed E-state index contributed by atoms with van der Waals surface area (Å²) in [6.07, 6.45) is 1.18. The Morgan fingerprint density at radius 2 is 1.50 bits per heavy atom. The van der Waals surface area contributed by atoms with Crippen LogP contribution in [0.5, 0.6) is 0 Å². The summed E-state index contributed by atoms with van der Waals surface area (Å²) in [7, 11) is 0. The molecule has 0 unspecified atom stereocenters. The van der Waals surface area contributed by atoms with Crippen LogP contribution >= 0.6 is 0 Å². The van der Waals surface area contributed by atoms with Crippen molar-refractivity contribution in [3.8, 4) is 0 Å². The Morgan fingerprint density at radius 3 is 1.86 bits per heavy atom. The van der Waals surface area contributed by atoms with Crippen LogP contribution in [0.1, 0.15) is 34.1 Å². The topological polar surface area (TPSA) is 44.3 Å². The lowest BCUT2D eigenvalue weighted by Crippen LogP contribution is -2.66. The molecule has 1 aliphatic rings. The van der Waals surface area contributed by atoms with Gasteiger partial charge in [-0.1, -0.05) is 27.7 Å². The van der Waals surface area contributed by atoms with E-state index < -0.39 is 5.60 Å². The molecule has 1 aliphatic heterocycles. The Bertz CT molecular complexity index is 166. The zero-order valence-electron chi connectivity index (χ0n) is 9.80. The lowest BCUT2D eigenvalue weighted by Gasteiger charge is -2.45. The van der Waals surface area contributed by atoms with E-state index >= 15 is 0 Å². The minimum absolute atomic E-state index is 0.0382. The van der Waals surface area contributed by atoms with Gasteiger partial charge in [0.1, 0.15) is 0 Å². The second kappa shape index (κ2) is 4.60. The molecule has 1 fully saturated rings. The highest BCUT2D eigenvalue weighted by atomic mass is 16.3. The average Bonchev–Trinajstić information content (AvgIpc) is 2.17. The highest BCUT2D eigenvalue weighted by Crippen LogP contribution is 2.29. The molecule has 84 valence electrons. The van der Waals surface area contributed by atoms with E-state index in [1.807, 2.05) is 0 Å². The fourth-order valence-electron chi connectivity index (χ4n) is 2.31. The van der Waals surface area contributed by atoms with Gasteiger partial charge < -0.3 is 5.11 Å². The molecule has 1 heterocycles. The Hall–Kier alpha value is -0.120. The molecule has 0 aromatic heterocycles. The molecule has 1 rings (SSSR count). The lowest BCUT2D eigenvalue weighted by atomic mass is 9.77. The largest absolute Gasteiger partial charge is 0.386 e. The number of nitrogens with one attached hydrogen (secondary N) is 2. The molecule has 0 aliphatic carbocycles. The standard InChI is InChI=1S/C11H24N2O/c1-8(2)11(14,9(3)4)10-12-6-5-7-13-10/h8-10,12-14H,5-7H2,1-4H3. The van der Waals surface area contributed by atoms with Crippen LogP contribution in [0.15, 0.2) is 0 Å². The Kier molecular flexibility index (Phi) is 3.93. The van der Waals surface area contributed by atoms with Gasteiger partial charge in [0.15, 0.2) is 0 Å². The van der Waals surface area contributed by atoms with Crippen LogP contribution in [0.25, 0.3) is 0 Å². The van der Waals surface area contributed by atoms with Crippen LogP contribution in [-0.2, 0) is 0 Å². The first-order valence-corrected chi connectivity index (χ1v) is 5.68. The van der Waals surface area contributed by atoms with Crippen molar-refractivity contribution in [2.45, 2.75) is 45.9 Å². The number of hydrogen-bond donors (Lipinski definition) is 3. The fourth-order valence-corrected chi connectivity index (χ4v) is 2.31. The molecule has 3 N–H and O–H groups in total. The van der Waals surface area contributed by atoms with Gasteiger partial charge in [-0.15, -0.1) is 0 Å². The van der Waals surface area contributed by atoms with Gasteiger partial charge in [-0.3, -0.25) is 10.6 Å². The summed E-state index contributed by atoms with van der Waals surface area (Å²) >= 11 is 0. The van der Waals surface area contributed by atoms with Crippen LogP contribution in [0.4, 0.5) is 0 Å². The van der Waals surface area contributed by atoms with Crippen LogP contribution < -0.4 is 10.6 Å². The summed E-state index contributed by atoms with van der Waals surface area (Å²) < 4.78 is 0. The van der Waals surface area contributed by atoms with Crippen molar-refractivity contribution in [1.82, 2.24) is 10.6 Å². The predicted octanol–water partition coefficient (Wildman–Crippen LogP) is 0.938. The van der Waals surface area contributed by atoms with Gasteiger partial charge in [0.05, 0.1) is 11.8 Å². The smallest absolute Gasteiger partial charge is 0.0976 e.